The van der Waals surface area contributed by atoms with Gasteiger partial charge in [-0.05, 0) is 75.9 Å². The summed E-state index contributed by atoms with van der Waals surface area (Å²) in [5.74, 6) is 0.472. The molecule has 0 aliphatic carbocycles. The molecule has 0 amide bonds. The number of nitrogens with zero attached hydrogens (tertiary/aromatic N) is 6. The highest BCUT2D eigenvalue weighted by molar-refractivity contribution is 5.90. The van der Waals surface area contributed by atoms with Crippen molar-refractivity contribution in [1.29, 1.82) is 0 Å². The number of aromatic nitrogens is 5. The summed E-state index contributed by atoms with van der Waals surface area (Å²) in [6, 6.07) is 13.9. The van der Waals surface area contributed by atoms with Crippen molar-refractivity contribution in [2.24, 2.45) is 0 Å². The fourth-order valence-electron chi connectivity index (χ4n) is 5.73. The topological polar surface area (TPSA) is 86.5 Å². The molecule has 0 saturated carbocycles. The minimum atomic E-state index is 0.313. The van der Waals surface area contributed by atoms with E-state index in [2.05, 4.69) is 68.1 Å². The van der Waals surface area contributed by atoms with Crippen LogP contribution < -0.4 is 5.73 Å². The molecule has 182 valence electrons. The normalized spacial score (nSPS) is 18.4. The SMILES string of the molecule is CC(Cc1cccc(-c2cc(-c3ccnn3C3CCOCC3)c3c(N)ncnn23)c1)N1CCCC1. The first kappa shape index (κ1) is 22.2. The molecule has 4 aromatic rings. The summed E-state index contributed by atoms with van der Waals surface area (Å²) in [5.41, 5.74) is 12.8. The average Bonchev–Trinajstić information content (AvgIpc) is 3.65. The third kappa shape index (κ3) is 4.21. The molecule has 2 aliphatic rings. The van der Waals surface area contributed by atoms with Gasteiger partial charge in [0, 0.05) is 36.6 Å². The molecule has 2 fully saturated rings. The van der Waals surface area contributed by atoms with Gasteiger partial charge in [-0.15, -0.1) is 0 Å². The van der Waals surface area contributed by atoms with Crippen LogP contribution in [0.15, 0.2) is 48.9 Å². The molecule has 8 nitrogen and oxygen atoms in total. The molecule has 6 rings (SSSR count). The molecule has 2 saturated heterocycles. The predicted molar refractivity (Wildman–Crippen MR) is 137 cm³/mol. The number of ether oxygens (including phenoxy) is 1. The fraction of sp³-hybridized carbons (Fsp3) is 0.444. The Balaban J connectivity index is 1.40. The van der Waals surface area contributed by atoms with Crippen LogP contribution in [0.25, 0.3) is 28.0 Å². The molecule has 5 heterocycles. The Morgan fingerprint density at radius 2 is 1.89 bits per heavy atom. The Morgan fingerprint density at radius 3 is 2.71 bits per heavy atom. The summed E-state index contributed by atoms with van der Waals surface area (Å²) in [4.78, 5) is 6.92. The van der Waals surface area contributed by atoms with E-state index in [9.17, 15) is 0 Å². The second kappa shape index (κ2) is 9.43. The van der Waals surface area contributed by atoms with Crippen molar-refractivity contribution in [2.75, 3.05) is 32.0 Å². The maximum atomic E-state index is 6.42. The summed E-state index contributed by atoms with van der Waals surface area (Å²) in [6.45, 7) is 6.29. The van der Waals surface area contributed by atoms with Gasteiger partial charge in [-0.25, -0.2) is 9.50 Å². The average molecular weight is 472 g/mol. The molecule has 2 N–H and O–H groups in total. The number of rotatable bonds is 6. The van der Waals surface area contributed by atoms with Gasteiger partial charge < -0.3 is 15.4 Å². The van der Waals surface area contributed by atoms with E-state index in [-0.39, 0.29) is 0 Å². The van der Waals surface area contributed by atoms with E-state index in [1.165, 1.54) is 37.8 Å². The van der Waals surface area contributed by atoms with Crippen LogP contribution in [0.5, 0.6) is 0 Å². The molecule has 0 radical (unpaired) electrons. The predicted octanol–water partition coefficient (Wildman–Crippen LogP) is 4.22. The molecule has 35 heavy (non-hydrogen) atoms. The first-order chi connectivity index (χ1) is 17.2. The second-order valence-electron chi connectivity index (χ2n) is 9.85. The maximum Gasteiger partial charge on any atom is 0.152 e. The molecule has 0 bridgehead atoms. The minimum Gasteiger partial charge on any atom is -0.382 e. The van der Waals surface area contributed by atoms with Crippen LogP contribution in [0, 0.1) is 0 Å². The molecule has 0 spiro atoms. The van der Waals surface area contributed by atoms with Crippen LogP contribution in [-0.4, -0.2) is 61.6 Å². The number of hydrogen-bond acceptors (Lipinski definition) is 6. The Labute approximate surface area is 205 Å². The van der Waals surface area contributed by atoms with Crippen molar-refractivity contribution < 1.29 is 4.74 Å². The quantitative estimate of drug-likeness (QED) is 0.453. The van der Waals surface area contributed by atoms with Gasteiger partial charge in [0.2, 0.25) is 0 Å². The van der Waals surface area contributed by atoms with Crippen LogP contribution in [0.1, 0.15) is 44.2 Å². The molecule has 1 aromatic carbocycles. The number of likely N-dealkylation sites (tertiary alicyclic amines) is 1. The van der Waals surface area contributed by atoms with Gasteiger partial charge in [-0.3, -0.25) is 4.68 Å². The van der Waals surface area contributed by atoms with Crippen LogP contribution in [-0.2, 0) is 11.2 Å². The van der Waals surface area contributed by atoms with Gasteiger partial charge in [0.15, 0.2) is 5.82 Å². The zero-order chi connectivity index (χ0) is 23.8. The van der Waals surface area contributed by atoms with Crippen LogP contribution in [0.3, 0.4) is 0 Å². The van der Waals surface area contributed by atoms with E-state index in [4.69, 9.17) is 10.5 Å². The number of nitrogen functional groups attached to an aromatic ring is 1. The lowest BCUT2D eigenvalue weighted by Crippen LogP contribution is -2.31. The summed E-state index contributed by atoms with van der Waals surface area (Å²) in [6.07, 6.45) is 8.98. The van der Waals surface area contributed by atoms with E-state index in [1.807, 2.05) is 10.7 Å². The number of hydrogen-bond donors (Lipinski definition) is 1. The van der Waals surface area contributed by atoms with E-state index in [0.717, 1.165) is 60.5 Å². The third-order valence-electron chi connectivity index (χ3n) is 7.58. The van der Waals surface area contributed by atoms with Gasteiger partial charge in [0.05, 0.1) is 17.4 Å². The lowest BCUT2D eigenvalue weighted by Gasteiger charge is -2.24. The van der Waals surface area contributed by atoms with Gasteiger partial charge in [0.1, 0.15) is 11.8 Å². The number of benzene rings is 1. The summed E-state index contributed by atoms with van der Waals surface area (Å²) >= 11 is 0. The molecule has 8 heteroatoms. The van der Waals surface area contributed by atoms with Gasteiger partial charge >= 0.3 is 0 Å². The van der Waals surface area contributed by atoms with Crippen molar-refractivity contribution in [3.63, 3.8) is 0 Å². The Bertz CT molecular complexity index is 1310. The maximum absolute atomic E-state index is 6.42. The number of anilines is 1. The van der Waals surface area contributed by atoms with Gasteiger partial charge in [-0.2, -0.15) is 10.2 Å². The van der Waals surface area contributed by atoms with Gasteiger partial charge in [0.25, 0.3) is 0 Å². The standard InChI is InChI=1S/C27H33N7O/c1-19(32-11-2-3-12-32)15-20-5-4-6-21(16-20)25-17-23(26-27(28)29-18-31-34(25)26)24-7-10-30-33(24)22-8-13-35-14-9-22/h4-7,10,16-19,22H,2-3,8-9,11-15H2,1H3,(H2,28,29,31). The Hall–Kier alpha value is -3.23. The fourth-order valence-corrected chi connectivity index (χ4v) is 5.73. The van der Waals surface area contributed by atoms with E-state index in [0.29, 0.717) is 17.9 Å². The third-order valence-corrected chi connectivity index (χ3v) is 7.58. The minimum absolute atomic E-state index is 0.313. The first-order valence-corrected chi connectivity index (χ1v) is 12.8. The first-order valence-electron chi connectivity index (χ1n) is 12.8. The lowest BCUT2D eigenvalue weighted by molar-refractivity contribution is 0.0667. The zero-order valence-electron chi connectivity index (χ0n) is 20.3. The zero-order valence-corrected chi connectivity index (χ0v) is 20.3. The smallest absolute Gasteiger partial charge is 0.152 e. The van der Waals surface area contributed by atoms with Crippen molar-refractivity contribution in [2.45, 2.75) is 51.1 Å². The monoisotopic (exact) mass is 471 g/mol. The molecular formula is C27H33N7O. The van der Waals surface area contributed by atoms with Gasteiger partial charge in [-0.1, -0.05) is 18.2 Å². The molecule has 1 unspecified atom stereocenters. The highest BCUT2D eigenvalue weighted by Gasteiger charge is 2.24. The van der Waals surface area contributed by atoms with Crippen molar-refractivity contribution >= 4 is 11.3 Å². The molecule has 2 aliphatic heterocycles. The van der Waals surface area contributed by atoms with E-state index in [1.54, 1.807) is 0 Å². The number of fused-ring (bicyclic) bond motifs is 1. The molecular weight excluding hydrogens is 438 g/mol. The lowest BCUT2D eigenvalue weighted by atomic mass is 10.0. The van der Waals surface area contributed by atoms with Crippen LogP contribution >= 0.6 is 0 Å². The van der Waals surface area contributed by atoms with E-state index < -0.39 is 0 Å². The largest absolute Gasteiger partial charge is 0.382 e. The van der Waals surface area contributed by atoms with Crippen molar-refractivity contribution in [3.05, 3.63) is 54.5 Å². The van der Waals surface area contributed by atoms with Crippen LogP contribution in [0.2, 0.25) is 0 Å². The highest BCUT2D eigenvalue weighted by atomic mass is 16.5. The second-order valence-corrected chi connectivity index (χ2v) is 9.85. The van der Waals surface area contributed by atoms with Crippen molar-refractivity contribution in [1.82, 2.24) is 29.3 Å². The van der Waals surface area contributed by atoms with E-state index >= 15 is 0 Å². The van der Waals surface area contributed by atoms with Crippen molar-refractivity contribution in [3.8, 4) is 22.5 Å². The number of nitrogens with two attached hydrogens (primary N) is 1. The Morgan fingerprint density at radius 1 is 1.06 bits per heavy atom. The summed E-state index contributed by atoms with van der Waals surface area (Å²) in [5, 5.41) is 9.30. The summed E-state index contributed by atoms with van der Waals surface area (Å²) < 4.78 is 9.64. The molecule has 3 aromatic heterocycles. The Kier molecular flexibility index (Phi) is 6.00. The molecule has 1 atom stereocenters. The highest BCUT2D eigenvalue weighted by Crippen LogP contribution is 2.37. The van der Waals surface area contributed by atoms with Crippen LogP contribution in [0.4, 0.5) is 5.82 Å². The summed E-state index contributed by atoms with van der Waals surface area (Å²) in [7, 11) is 0.